The van der Waals surface area contributed by atoms with Crippen molar-refractivity contribution in [2.24, 2.45) is 0 Å². The normalized spacial score (nSPS) is 12.6. The minimum Gasteiger partial charge on any atom is -0.309 e. The van der Waals surface area contributed by atoms with Crippen LogP contribution in [0.2, 0.25) is 0 Å². The number of aryl methyl sites for hydroxylation is 3. The van der Waals surface area contributed by atoms with Crippen LogP contribution in [-0.4, -0.2) is 6.54 Å². The SMILES string of the molecule is CCNC(Cc1ccc(C)c(C)c1)c1sccc1CC. The third kappa shape index (κ3) is 3.50. The van der Waals surface area contributed by atoms with E-state index in [4.69, 9.17) is 0 Å². The van der Waals surface area contributed by atoms with Crippen LogP contribution in [0.3, 0.4) is 0 Å². The molecule has 20 heavy (non-hydrogen) atoms. The van der Waals surface area contributed by atoms with Crippen molar-refractivity contribution >= 4 is 11.3 Å². The molecule has 0 saturated carbocycles. The Bertz CT molecular complexity index is 556. The molecule has 0 amide bonds. The van der Waals surface area contributed by atoms with Crippen molar-refractivity contribution in [2.75, 3.05) is 6.54 Å². The van der Waals surface area contributed by atoms with Gasteiger partial charge >= 0.3 is 0 Å². The number of rotatable bonds is 6. The molecule has 0 radical (unpaired) electrons. The fraction of sp³-hybridized carbons (Fsp3) is 0.444. The summed E-state index contributed by atoms with van der Waals surface area (Å²) in [6.45, 7) is 9.81. The Morgan fingerprint density at radius 1 is 1.10 bits per heavy atom. The van der Waals surface area contributed by atoms with Gasteiger partial charge in [-0.25, -0.2) is 0 Å². The maximum Gasteiger partial charge on any atom is 0.0458 e. The van der Waals surface area contributed by atoms with E-state index < -0.39 is 0 Å². The van der Waals surface area contributed by atoms with Gasteiger partial charge in [0.05, 0.1) is 0 Å². The topological polar surface area (TPSA) is 12.0 Å². The predicted octanol–water partition coefficient (Wildman–Crippen LogP) is 4.82. The zero-order valence-electron chi connectivity index (χ0n) is 13.0. The van der Waals surface area contributed by atoms with Crippen LogP contribution in [0.25, 0.3) is 0 Å². The summed E-state index contributed by atoms with van der Waals surface area (Å²) < 4.78 is 0. The van der Waals surface area contributed by atoms with Crippen molar-refractivity contribution in [3.05, 3.63) is 56.8 Å². The van der Waals surface area contributed by atoms with Crippen molar-refractivity contribution in [2.45, 2.75) is 46.6 Å². The van der Waals surface area contributed by atoms with E-state index in [1.54, 1.807) is 0 Å². The lowest BCUT2D eigenvalue weighted by atomic mass is 9.98. The highest BCUT2D eigenvalue weighted by atomic mass is 32.1. The van der Waals surface area contributed by atoms with Crippen LogP contribution in [0.15, 0.2) is 29.6 Å². The molecule has 0 aliphatic carbocycles. The maximum absolute atomic E-state index is 3.65. The first kappa shape index (κ1) is 15.3. The standard InChI is InChI=1S/C18H25NS/c1-5-16-9-10-20-18(16)17(19-6-2)12-15-8-7-13(3)14(4)11-15/h7-11,17,19H,5-6,12H2,1-4H3. The van der Waals surface area contributed by atoms with Gasteiger partial charge in [0.15, 0.2) is 0 Å². The summed E-state index contributed by atoms with van der Waals surface area (Å²) in [4.78, 5) is 1.51. The van der Waals surface area contributed by atoms with E-state index in [0.29, 0.717) is 6.04 Å². The average Bonchev–Trinajstić information content (AvgIpc) is 2.90. The van der Waals surface area contributed by atoms with Gasteiger partial charge < -0.3 is 5.32 Å². The lowest BCUT2D eigenvalue weighted by Crippen LogP contribution is -2.23. The quantitative estimate of drug-likeness (QED) is 0.803. The molecular weight excluding hydrogens is 262 g/mol. The summed E-state index contributed by atoms with van der Waals surface area (Å²) in [7, 11) is 0. The summed E-state index contributed by atoms with van der Waals surface area (Å²) in [6, 6.07) is 9.55. The summed E-state index contributed by atoms with van der Waals surface area (Å²) >= 11 is 1.89. The van der Waals surface area contributed by atoms with Gasteiger partial charge in [-0.05, 0) is 66.9 Å². The van der Waals surface area contributed by atoms with E-state index in [2.05, 4.69) is 62.7 Å². The highest BCUT2D eigenvalue weighted by Crippen LogP contribution is 2.28. The third-order valence-corrected chi connectivity index (χ3v) is 5.01. The van der Waals surface area contributed by atoms with Gasteiger partial charge in [-0.1, -0.05) is 32.0 Å². The first-order chi connectivity index (χ1) is 9.65. The van der Waals surface area contributed by atoms with Crippen molar-refractivity contribution in [1.29, 1.82) is 0 Å². The molecule has 0 spiro atoms. The smallest absolute Gasteiger partial charge is 0.0458 e. The molecule has 2 aromatic rings. The molecule has 1 unspecified atom stereocenters. The second-order valence-electron chi connectivity index (χ2n) is 5.40. The number of benzene rings is 1. The van der Waals surface area contributed by atoms with Crippen LogP contribution in [0.1, 0.15) is 47.0 Å². The Kier molecular flexibility index (Phi) is 5.38. The van der Waals surface area contributed by atoms with Gasteiger partial charge in [-0.2, -0.15) is 0 Å². The molecule has 108 valence electrons. The molecule has 0 bridgehead atoms. The first-order valence-electron chi connectivity index (χ1n) is 7.51. The van der Waals surface area contributed by atoms with Crippen LogP contribution in [0, 0.1) is 13.8 Å². The summed E-state index contributed by atoms with van der Waals surface area (Å²) in [5.41, 5.74) is 5.68. The highest BCUT2D eigenvalue weighted by molar-refractivity contribution is 7.10. The fourth-order valence-corrected chi connectivity index (χ4v) is 3.69. The zero-order valence-corrected chi connectivity index (χ0v) is 13.8. The minimum atomic E-state index is 0.442. The maximum atomic E-state index is 3.65. The highest BCUT2D eigenvalue weighted by Gasteiger charge is 2.16. The van der Waals surface area contributed by atoms with Crippen molar-refractivity contribution in [3.8, 4) is 0 Å². The molecule has 0 aliphatic heterocycles. The summed E-state index contributed by atoms with van der Waals surface area (Å²) in [5, 5.41) is 5.87. The number of thiophene rings is 1. The van der Waals surface area contributed by atoms with Gasteiger partial charge in [0.1, 0.15) is 0 Å². The van der Waals surface area contributed by atoms with E-state index in [0.717, 1.165) is 19.4 Å². The molecule has 1 atom stereocenters. The van der Waals surface area contributed by atoms with E-state index >= 15 is 0 Å². The predicted molar refractivity (Wildman–Crippen MR) is 89.7 cm³/mol. The largest absolute Gasteiger partial charge is 0.309 e. The Hall–Kier alpha value is -1.12. The van der Waals surface area contributed by atoms with Crippen molar-refractivity contribution < 1.29 is 0 Å². The van der Waals surface area contributed by atoms with Gasteiger partial charge in [0, 0.05) is 10.9 Å². The summed E-state index contributed by atoms with van der Waals surface area (Å²) in [5.74, 6) is 0. The Labute approximate surface area is 127 Å². The number of likely N-dealkylation sites (N-methyl/N-ethyl adjacent to an activating group) is 1. The molecule has 1 aromatic heterocycles. The lowest BCUT2D eigenvalue weighted by molar-refractivity contribution is 0.554. The number of nitrogens with one attached hydrogen (secondary N) is 1. The van der Waals surface area contributed by atoms with Gasteiger partial charge in [0.25, 0.3) is 0 Å². The molecule has 1 heterocycles. The third-order valence-electron chi connectivity index (χ3n) is 3.94. The van der Waals surface area contributed by atoms with Crippen LogP contribution in [0.5, 0.6) is 0 Å². The fourth-order valence-electron chi connectivity index (χ4n) is 2.62. The lowest BCUT2D eigenvalue weighted by Gasteiger charge is -2.19. The molecule has 2 rings (SSSR count). The van der Waals surface area contributed by atoms with Gasteiger partial charge in [-0.15, -0.1) is 11.3 Å². The number of hydrogen-bond donors (Lipinski definition) is 1. The van der Waals surface area contributed by atoms with Crippen molar-refractivity contribution in [1.82, 2.24) is 5.32 Å². The van der Waals surface area contributed by atoms with E-state index in [1.165, 1.54) is 27.1 Å². The number of hydrogen-bond acceptors (Lipinski definition) is 2. The monoisotopic (exact) mass is 287 g/mol. The molecule has 1 nitrogen and oxygen atoms in total. The summed E-state index contributed by atoms with van der Waals surface area (Å²) in [6.07, 6.45) is 2.19. The van der Waals surface area contributed by atoms with Gasteiger partial charge in [0.2, 0.25) is 0 Å². The Morgan fingerprint density at radius 2 is 1.90 bits per heavy atom. The van der Waals surface area contributed by atoms with E-state index in [-0.39, 0.29) is 0 Å². The zero-order chi connectivity index (χ0) is 14.5. The molecule has 0 saturated heterocycles. The van der Waals surface area contributed by atoms with Crippen LogP contribution >= 0.6 is 11.3 Å². The second kappa shape index (κ2) is 7.05. The molecule has 1 N–H and O–H groups in total. The molecular formula is C18H25NS. The van der Waals surface area contributed by atoms with Crippen LogP contribution in [0.4, 0.5) is 0 Å². The van der Waals surface area contributed by atoms with Crippen LogP contribution < -0.4 is 5.32 Å². The molecule has 0 aliphatic rings. The van der Waals surface area contributed by atoms with E-state index in [1.807, 2.05) is 11.3 Å². The van der Waals surface area contributed by atoms with Crippen LogP contribution in [-0.2, 0) is 12.8 Å². The Balaban J connectivity index is 2.23. The average molecular weight is 287 g/mol. The van der Waals surface area contributed by atoms with E-state index in [9.17, 15) is 0 Å². The molecule has 1 aromatic carbocycles. The minimum absolute atomic E-state index is 0.442. The molecule has 2 heteroatoms. The first-order valence-corrected chi connectivity index (χ1v) is 8.39. The van der Waals surface area contributed by atoms with Gasteiger partial charge in [-0.3, -0.25) is 0 Å². The molecule has 0 fully saturated rings. The Morgan fingerprint density at radius 3 is 2.55 bits per heavy atom. The van der Waals surface area contributed by atoms with Crippen molar-refractivity contribution in [3.63, 3.8) is 0 Å². The second-order valence-corrected chi connectivity index (χ2v) is 6.34.